The van der Waals surface area contributed by atoms with E-state index in [1.165, 1.54) is 0 Å². The first kappa shape index (κ1) is 9.94. The van der Waals surface area contributed by atoms with Crippen LogP contribution in [-0.2, 0) is 14.6 Å². The first-order valence-corrected chi connectivity index (χ1v) is 5.19. The van der Waals surface area contributed by atoms with Crippen LogP contribution in [0.3, 0.4) is 0 Å². The highest BCUT2D eigenvalue weighted by Gasteiger charge is 2.48. The van der Waals surface area contributed by atoms with Crippen molar-refractivity contribution in [1.29, 1.82) is 5.41 Å². The van der Waals surface area contributed by atoms with Crippen LogP contribution in [0.5, 0.6) is 0 Å². The molecule has 2 unspecified atom stereocenters. The van der Waals surface area contributed by atoms with E-state index >= 15 is 0 Å². The molecular weight excluding hydrogens is 248 g/mol. The summed E-state index contributed by atoms with van der Waals surface area (Å²) in [5.41, 5.74) is 0. The molecule has 2 saturated heterocycles. The molecule has 2 fully saturated rings. The number of ether oxygens (including phenoxy) is 1. The molecule has 0 aromatic rings. The number of nitrogens with one attached hydrogen (secondary N) is 1. The van der Waals surface area contributed by atoms with Crippen LogP contribution in [0, 0.1) is 5.41 Å². The van der Waals surface area contributed by atoms with Crippen molar-refractivity contribution in [3.63, 3.8) is 0 Å². The van der Waals surface area contributed by atoms with Gasteiger partial charge in [0.25, 0.3) is 0 Å². The number of sulfone groups is 1. The maximum absolute atomic E-state index is 11.0. The third kappa shape index (κ3) is 1.62. The SMILES string of the molecule is N=C1[NH2+]C2CS(=O)(=O)CC2O1.[Br-]. The van der Waals surface area contributed by atoms with Crippen LogP contribution in [0.4, 0.5) is 0 Å². The Balaban J connectivity index is 0.000000720. The van der Waals surface area contributed by atoms with Crippen LogP contribution in [0.15, 0.2) is 0 Å². The lowest BCUT2D eigenvalue weighted by atomic mass is 10.2. The van der Waals surface area contributed by atoms with E-state index in [9.17, 15) is 8.42 Å². The number of fused-ring (bicyclic) bond motifs is 1. The van der Waals surface area contributed by atoms with Crippen LogP contribution in [0.25, 0.3) is 0 Å². The molecule has 2 atom stereocenters. The second-order valence-electron chi connectivity index (χ2n) is 2.93. The lowest BCUT2D eigenvalue weighted by Crippen LogP contribution is -3.00. The molecule has 0 aromatic heterocycles. The Bertz CT molecular complexity index is 280. The molecule has 70 valence electrons. The summed E-state index contributed by atoms with van der Waals surface area (Å²) in [6.45, 7) is 0. The normalized spacial score (nSPS) is 36.8. The first-order valence-electron chi connectivity index (χ1n) is 3.37. The summed E-state index contributed by atoms with van der Waals surface area (Å²) < 4.78 is 26.9. The number of rotatable bonds is 0. The topological polar surface area (TPSA) is 83.8 Å². The quantitative estimate of drug-likeness (QED) is 0.454. The molecule has 7 heteroatoms. The third-order valence-corrected chi connectivity index (χ3v) is 3.72. The molecule has 12 heavy (non-hydrogen) atoms. The number of nitrogens with two attached hydrogens (primary N) is 1. The first-order chi connectivity index (χ1) is 5.07. The molecule has 0 aromatic carbocycles. The Labute approximate surface area is 80.7 Å². The van der Waals surface area contributed by atoms with Crippen LogP contribution in [-0.4, -0.2) is 38.1 Å². The summed E-state index contributed by atoms with van der Waals surface area (Å²) >= 11 is 0. The number of hydrogen-bond acceptors (Lipinski definition) is 4. The van der Waals surface area contributed by atoms with Gasteiger partial charge < -0.3 is 21.7 Å². The molecular formula is C5H9BrN2O3S. The maximum atomic E-state index is 11.0. The summed E-state index contributed by atoms with van der Waals surface area (Å²) in [5, 5.41) is 8.68. The Morgan fingerprint density at radius 3 is 2.75 bits per heavy atom. The molecule has 2 rings (SSSR count). The lowest BCUT2D eigenvalue weighted by molar-refractivity contribution is -0.566. The molecule has 0 spiro atoms. The van der Waals surface area contributed by atoms with Crippen molar-refractivity contribution in [2.24, 2.45) is 0 Å². The Morgan fingerprint density at radius 2 is 2.17 bits per heavy atom. The molecule has 5 nitrogen and oxygen atoms in total. The van der Waals surface area contributed by atoms with Crippen molar-refractivity contribution in [3.05, 3.63) is 0 Å². The second kappa shape index (κ2) is 2.97. The Kier molecular flexibility index (Phi) is 2.46. The molecule has 0 saturated carbocycles. The van der Waals surface area contributed by atoms with E-state index in [1.807, 2.05) is 0 Å². The van der Waals surface area contributed by atoms with Gasteiger partial charge in [0, 0.05) is 0 Å². The van der Waals surface area contributed by atoms with Gasteiger partial charge in [-0.15, -0.1) is 0 Å². The van der Waals surface area contributed by atoms with Crippen LogP contribution < -0.4 is 22.3 Å². The van der Waals surface area contributed by atoms with E-state index in [2.05, 4.69) is 0 Å². The predicted molar refractivity (Wildman–Crippen MR) is 37.0 cm³/mol. The summed E-state index contributed by atoms with van der Waals surface area (Å²) in [5.74, 6) is 0.233. The molecule has 0 aliphatic carbocycles. The maximum Gasteiger partial charge on any atom is 0.388 e. The van der Waals surface area contributed by atoms with Crippen molar-refractivity contribution >= 4 is 15.9 Å². The fraction of sp³-hybridized carbons (Fsp3) is 0.800. The average molecular weight is 257 g/mol. The minimum absolute atomic E-state index is 0. The van der Waals surface area contributed by atoms with E-state index in [0.29, 0.717) is 0 Å². The van der Waals surface area contributed by atoms with E-state index in [0.717, 1.165) is 0 Å². The highest BCUT2D eigenvalue weighted by molar-refractivity contribution is 7.91. The van der Waals surface area contributed by atoms with Crippen LogP contribution in [0.2, 0.25) is 0 Å². The van der Waals surface area contributed by atoms with Gasteiger partial charge in [0.15, 0.2) is 15.9 Å². The minimum Gasteiger partial charge on any atom is -1.00 e. The molecule has 2 heterocycles. The molecule has 0 bridgehead atoms. The smallest absolute Gasteiger partial charge is 0.388 e. The zero-order valence-corrected chi connectivity index (χ0v) is 8.56. The Morgan fingerprint density at radius 1 is 1.50 bits per heavy atom. The van der Waals surface area contributed by atoms with Crippen molar-refractivity contribution in [2.75, 3.05) is 11.5 Å². The average Bonchev–Trinajstić information content (AvgIpc) is 2.17. The van der Waals surface area contributed by atoms with Crippen molar-refractivity contribution in [2.45, 2.75) is 12.1 Å². The zero-order valence-electron chi connectivity index (χ0n) is 6.16. The van der Waals surface area contributed by atoms with Gasteiger partial charge in [-0.25, -0.2) is 13.8 Å². The van der Waals surface area contributed by atoms with Gasteiger partial charge in [-0.05, 0) is 0 Å². The summed E-state index contributed by atoms with van der Waals surface area (Å²) in [7, 11) is -2.88. The van der Waals surface area contributed by atoms with Gasteiger partial charge in [-0.1, -0.05) is 0 Å². The van der Waals surface area contributed by atoms with E-state index < -0.39 is 9.84 Å². The molecule has 2 aliphatic rings. The third-order valence-electron chi connectivity index (χ3n) is 1.99. The van der Waals surface area contributed by atoms with Gasteiger partial charge in [0.1, 0.15) is 11.8 Å². The minimum atomic E-state index is -2.88. The highest BCUT2D eigenvalue weighted by atomic mass is 79.9. The number of amidine groups is 1. The molecule has 0 amide bonds. The number of hydrogen-bond donors (Lipinski definition) is 2. The van der Waals surface area contributed by atoms with Gasteiger partial charge in [0.05, 0.1) is 5.75 Å². The van der Waals surface area contributed by atoms with E-state index in [1.54, 1.807) is 5.32 Å². The van der Waals surface area contributed by atoms with Crippen LogP contribution in [0.1, 0.15) is 0 Å². The monoisotopic (exact) mass is 256 g/mol. The van der Waals surface area contributed by atoms with Crippen molar-refractivity contribution in [1.82, 2.24) is 0 Å². The number of quaternary nitrogens is 1. The van der Waals surface area contributed by atoms with Gasteiger partial charge in [0.2, 0.25) is 0 Å². The highest BCUT2D eigenvalue weighted by Crippen LogP contribution is 2.15. The van der Waals surface area contributed by atoms with Crippen LogP contribution >= 0.6 is 0 Å². The molecule has 0 radical (unpaired) electrons. The molecule has 3 N–H and O–H groups in total. The lowest BCUT2D eigenvalue weighted by Gasteiger charge is -1.96. The number of halogens is 1. The fourth-order valence-electron chi connectivity index (χ4n) is 1.52. The summed E-state index contributed by atoms with van der Waals surface area (Å²) in [6, 6.07) is 0.0578. The van der Waals surface area contributed by atoms with Crippen molar-refractivity contribution < 1.29 is 35.5 Å². The van der Waals surface area contributed by atoms with Gasteiger partial charge in [-0.2, -0.15) is 0 Å². The predicted octanol–water partition coefficient (Wildman–Crippen LogP) is -5.32. The second-order valence-corrected chi connectivity index (χ2v) is 5.08. The zero-order chi connectivity index (χ0) is 8.06. The van der Waals surface area contributed by atoms with Gasteiger partial charge in [-0.3, -0.25) is 5.32 Å². The van der Waals surface area contributed by atoms with E-state index in [4.69, 9.17) is 10.1 Å². The summed E-state index contributed by atoms with van der Waals surface area (Å²) in [4.78, 5) is 0. The van der Waals surface area contributed by atoms with E-state index in [-0.39, 0.29) is 46.7 Å². The molecule has 2 aliphatic heterocycles. The fourth-order valence-corrected chi connectivity index (χ4v) is 3.37. The summed E-state index contributed by atoms with van der Waals surface area (Å²) in [6.07, 6.45) is -0.271. The largest absolute Gasteiger partial charge is 1.00 e. The Hall–Kier alpha value is -0.140. The van der Waals surface area contributed by atoms with Gasteiger partial charge >= 0.3 is 6.02 Å². The van der Waals surface area contributed by atoms with Crippen molar-refractivity contribution in [3.8, 4) is 0 Å². The standard InChI is InChI=1S/C5H8N2O3S.BrH/c6-5-7-3-1-11(8,9)2-4(3)10-5;/h3-4H,1-2H2,(H2,6,7);1H.